The minimum Gasteiger partial charge on any atom is -0.478 e. The van der Waals surface area contributed by atoms with Gasteiger partial charge in [0, 0.05) is 17.6 Å². The third-order valence-corrected chi connectivity index (χ3v) is 5.53. The number of Topliss-reactive ketones (excluding diaryl/α,β-unsaturated/α-hetero) is 1. The van der Waals surface area contributed by atoms with E-state index in [0.717, 1.165) is 18.4 Å². The maximum atomic E-state index is 12.8. The van der Waals surface area contributed by atoms with Crippen LogP contribution in [-0.4, -0.2) is 41.9 Å². The summed E-state index contributed by atoms with van der Waals surface area (Å²) in [5, 5.41) is 12.5. The molecule has 1 saturated carbocycles. The second-order valence-electron chi connectivity index (χ2n) is 7.75. The Bertz CT molecular complexity index is 739. The summed E-state index contributed by atoms with van der Waals surface area (Å²) in [7, 11) is 0. The maximum absolute atomic E-state index is 12.8. The number of carbonyl (C=O) groups excluding carboxylic acids is 2. The van der Waals surface area contributed by atoms with Gasteiger partial charge in [-0.15, -0.1) is 0 Å². The quantitative estimate of drug-likeness (QED) is 0.816. The van der Waals surface area contributed by atoms with Gasteiger partial charge in [-0.25, -0.2) is 4.79 Å². The molecule has 140 valence electrons. The number of carboxylic acids is 1. The molecule has 0 radical (unpaired) electrons. The summed E-state index contributed by atoms with van der Waals surface area (Å²) in [4.78, 5) is 38.3. The first-order valence-corrected chi connectivity index (χ1v) is 9.23. The van der Waals surface area contributed by atoms with Crippen molar-refractivity contribution in [3.8, 4) is 0 Å². The minimum absolute atomic E-state index is 0.0216. The van der Waals surface area contributed by atoms with Gasteiger partial charge in [0.05, 0.1) is 18.7 Å². The number of amides is 1. The van der Waals surface area contributed by atoms with Crippen molar-refractivity contribution >= 4 is 23.3 Å². The minimum atomic E-state index is -1.04. The van der Waals surface area contributed by atoms with Crippen molar-refractivity contribution in [3.63, 3.8) is 0 Å². The van der Waals surface area contributed by atoms with Crippen molar-refractivity contribution in [2.45, 2.75) is 45.6 Å². The van der Waals surface area contributed by atoms with Crippen LogP contribution in [0.5, 0.6) is 0 Å². The molecule has 1 aromatic carbocycles. The number of anilines is 1. The topological polar surface area (TPSA) is 86.7 Å². The number of fused-ring (bicyclic) bond motifs is 1. The number of benzene rings is 1. The van der Waals surface area contributed by atoms with Gasteiger partial charge in [-0.1, -0.05) is 19.9 Å². The van der Waals surface area contributed by atoms with E-state index >= 15 is 0 Å². The summed E-state index contributed by atoms with van der Waals surface area (Å²) in [6.45, 7) is 6.30. The molecule has 6 heteroatoms. The maximum Gasteiger partial charge on any atom is 0.335 e. The Morgan fingerprint density at radius 1 is 1.27 bits per heavy atom. The molecular weight excluding hydrogens is 332 g/mol. The van der Waals surface area contributed by atoms with Gasteiger partial charge in [-0.05, 0) is 49.3 Å². The second-order valence-corrected chi connectivity index (χ2v) is 7.75. The number of nitrogens with zero attached hydrogens (tertiary/aromatic N) is 1. The van der Waals surface area contributed by atoms with E-state index in [1.54, 1.807) is 6.07 Å². The monoisotopic (exact) mass is 358 g/mol. The van der Waals surface area contributed by atoms with Crippen LogP contribution in [0.4, 0.5) is 5.69 Å². The van der Waals surface area contributed by atoms with Crippen molar-refractivity contribution in [2.24, 2.45) is 11.8 Å². The summed E-state index contributed by atoms with van der Waals surface area (Å²) in [6.07, 6.45) is 2.02. The van der Waals surface area contributed by atoms with Crippen LogP contribution in [0, 0.1) is 11.8 Å². The molecule has 1 aliphatic carbocycles. The second kappa shape index (κ2) is 7.19. The predicted octanol–water partition coefficient (Wildman–Crippen LogP) is 2.43. The largest absolute Gasteiger partial charge is 0.478 e. The lowest BCUT2D eigenvalue weighted by Gasteiger charge is -2.34. The number of ketones is 1. The predicted molar refractivity (Wildman–Crippen MR) is 98.5 cm³/mol. The number of nitrogens with one attached hydrogen (secondary N) is 1. The fourth-order valence-corrected chi connectivity index (χ4v) is 3.43. The Morgan fingerprint density at radius 2 is 1.96 bits per heavy atom. The molecular formula is C20H26N2O4. The van der Waals surface area contributed by atoms with Crippen LogP contribution < -0.4 is 10.2 Å². The van der Waals surface area contributed by atoms with E-state index in [4.69, 9.17) is 0 Å². The summed E-state index contributed by atoms with van der Waals surface area (Å²) < 4.78 is 0. The standard InChI is InChI=1S/C20H26N2O4/c1-11(2)12(3)21-9-18(24)22-10-17(23)19(13-4-5-13)15-7-6-14(20(25)26)8-16(15)22/h6-8,11-13,19,21H,4-5,9-10H2,1-3H3,(H,25,26). The summed E-state index contributed by atoms with van der Waals surface area (Å²) in [5.74, 6) is -0.688. The van der Waals surface area contributed by atoms with E-state index in [2.05, 4.69) is 19.2 Å². The van der Waals surface area contributed by atoms with Gasteiger partial charge < -0.3 is 15.3 Å². The van der Waals surface area contributed by atoms with E-state index in [0.29, 0.717) is 17.5 Å². The highest BCUT2D eigenvalue weighted by Crippen LogP contribution is 2.48. The van der Waals surface area contributed by atoms with E-state index in [1.807, 2.05) is 6.92 Å². The van der Waals surface area contributed by atoms with Gasteiger partial charge >= 0.3 is 5.97 Å². The molecule has 1 amide bonds. The van der Waals surface area contributed by atoms with E-state index in [1.165, 1.54) is 17.0 Å². The van der Waals surface area contributed by atoms with Gasteiger partial charge in [0.2, 0.25) is 5.91 Å². The molecule has 2 atom stereocenters. The van der Waals surface area contributed by atoms with Gasteiger partial charge in [-0.2, -0.15) is 0 Å². The fourth-order valence-electron chi connectivity index (χ4n) is 3.43. The van der Waals surface area contributed by atoms with E-state index in [9.17, 15) is 19.5 Å². The molecule has 26 heavy (non-hydrogen) atoms. The SMILES string of the molecule is CC(C)C(C)NCC(=O)N1CC(=O)C(C2CC2)c2ccc(C(=O)O)cc21. The first-order valence-electron chi connectivity index (χ1n) is 9.23. The highest BCUT2D eigenvalue weighted by molar-refractivity contribution is 6.07. The number of hydrogen-bond donors (Lipinski definition) is 2. The number of hydrogen-bond acceptors (Lipinski definition) is 4. The molecule has 2 aliphatic rings. The lowest BCUT2D eigenvalue weighted by atomic mass is 9.84. The van der Waals surface area contributed by atoms with Gasteiger partial charge in [-0.3, -0.25) is 9.59 Å². The van der Waals surface area contributed by atoms with Crippen molar-refractivity contribution in [2.75, 3.05) is 18.0 Å². The molecule has 0 saturated heterocycles. The van der Waals surface area contributed by atoms with Crippen LogP contribution in [0.1, 0.15) is 55.5 Å². The Balaban J connectivity index is 1.90. The van der Waals surface area contributed by atoms with Crippen LogP contribution in [0.25, 0.3) is 0 Å². The average Bonchev–Trinajstić information content (AvgIpc) is 3.42. The smallest absolute Gasteiger partial charge is 0.335 e. The van der Waals surface area contributed by atoms with Crippen LogP contribution in [0.3, 0.4) is 0 Å². The van der Waals surface area contributed by atoms with Crippen molar-refractivity contribution in [1.29, 1.82) is 0 Å². The van der Waals surface area contributed by atoms with Crippen molar-refractivity contribution < 1.29 is 19.5 Å². The zero-order valence-electron chi connectivity index (χ0n) is 15.5. The summed E-state index contributed by atoms with van der Waals surface area (Å²) in [6, 6.07) is 4.94. The van der Waals surface area contributed by atoms with E-state index < -0.39 is 5.97 Å². The van der Waals surface area contributed by atoms with E-state index in [-0.39, 0.29) is 42.3 Å². The molecule has 6 nitrogen and oxygen atoms in total. The number of aromatic carboxylic acids is 1. The lowest BCUT2D eigenvalue weighted by Crippen LogP contribution is -2.47. The Kier molecular flexibility index (Phi) is 5.14. The van der Waals surface area contributed by atoms with Crippen molar-refractivity contribution in [3.05, 3.63) is 29.3 Å². The van der Waals surface area contributed by atoms with Crippen LogP contribution >= 0.6 is 0 Å². The first kappa shape index (κ1) is 18.6. The molecule has 2 unspecified atom stereocenters. The molecule has 1 aliphatic heterocycles. The molecule has 0 bridgehead atoms. The molecule has 1 aromatic rings. The van der Waals surface area contributed by atoms with Crippen LogP contribution in [-0.2, 0) is 9.59 Å². The molecule has 1 fully saturated rings. The third-order valence-electron chi connectivity index (χ3n) is 5.53. The molecule has 0 aromatic heterocycles. The average molecular weight is 358 g/mol. The number of carbonyl (C=O) groups is 3. The third kappa shape index (κ3) is 3.65. The number of rotatable bonds is 6. The Morgan fingerprint density at radius 3 is 2.54 bits per heavy atom. The Labute approximate surface area is 153 Å². The lowest BCUT2D eigenvalue weighted by molar-refractivity contribution is -0.124. The normalized spacial score (nSPS) is 20.8. The highest BCUT2D eigenvalue weighted by Gasteiger charge is 2.43. The molecule has 2 N–H and O–H groups in total. The summed E-state index contributed by atoms with van der Waals surface area (Å²) >= 11 is 0. The number of carboxylic acid groups (broad SMARTS) is 1. The first-order chi connectivity index (χ1) is 12.3. The zero-order valence-corrected chi connectivity index (χ0v) is 15.5. The van der Waals surface area contributed by atoms with Gasteiger partial charge in [0.15, 0.2) is 5.78 Å². The summed E-state index contributed by atoms with van der Waals surface area (Å²) in [5.41, 5.74) is 1.50. The molecule has 3 rings (SSSR count). The van der Waals surface area contributed by atoms with Crippen molar-refractivity contribution in [1.82, 2.24) is 5.32 Å². The van der Waals surface area contributed by atoms with Crippen LogP contribution in [0.2, 0.25) is 0 Å². The molecule has 1 heterocycles. The zero-order chi connectivity index (χ0) is 19.0. The van der Waals surface area contributed by atoms with Gasteiger partial charge in [0.1, 0.15) is 0 Å². The fraction of sp³-hybridized carbons (Fsp3) is 0.550. The molecule has 0 spiro atoms. The van der Waals surface area contributed by atoms with Crippen LogP contribution in [0.15, 0.2) is 18.2 Å². The van der Waals surface area contributed by atoms with Gasteiger partial charge in [0.25, 0.3) is 0 Å². The Hall–Kier alpha value is -2.21. The highest BCUT2D eigenvalue weighted by atomic mass is 16.4.